The lowest BCUT2D eigenvalue weighted by atomic mass is 10.2. The summed E-state index contributed by atoms with van der Waals surface area (Å²) >= 11 is 0. The standard InChI is InChI=1S/C25H34N10O2/c1-3-19(36)34-7-6-33(14-16(34)2)25-29-20-22(32-8-10-37-11-9-32)30-21(18-12-27-24(26)28-13-18)31-23(20)35(25)15-17-4-5-17/h12-13,16-17H,3-11,14-15H2,1-2H3,(H2,26,27,28)/t16-/m1/s1. The van der Waals surface area contributed by atoms with Crippen molar-refractivity contribution in [3.63, 3.8) is 0 Å². The molecule has 0 radical (unpaired) electrons. The molecule has 1 amide bonds. The predicted octanol–water partition coefficient (Wildman–Crippen LogP) is 1.56. The fourth-order valence-electron chi connectivity index (χ4n) is 5.23. The molecular weight excluding hydrogens is 472 g/mol. The summed E-state index contributed by atoms with van der Waals surface area (Å²) in [6.45, 7) is 9.84. The number of anilines is 3. The highest BCUT2D eigenvalue weighted by molar-refractivity contribution is 5.88. The molecule has 3 aromatic heterocycles. The van der Waals surface area contributed by atoms with E-state index in [-0.39, 0.29) is 17.9 Å². The van der Waals surface area contributed by atoms with Gasteiger partial charge in [0.15, 0.2) is 22.8 Å². The molecule has 0 unspecified atom stereocenters. The fourth-order valence-corrected chi connectivity index (χ4v) is 5.23. The molecule has 1 atom stereocenters. The van der Waals surface area contributed by atoms with Crippen molar-refractivity contribution < 1.29 is 9.53 Å². The van der Waals surface area contributed by atoms with Crippen LogP contribution >= 0.6 is 0 Å². The number of amides is 1. The van der Waals surface area contributed by atoms with E-state index in [4.69, 9.17) is 25.4 Å². The van der Waals surface area contributed by atoms with E-state index in [1.165, 1.54) is 12.8 Å². The minimum absolute atomic E-state index is 0.114. The number of hydrogen-bond donors (Lipinski definition) is 1. The Morgan fingerprint density at radius 1 is 1.05 bits per heavy atom. The average Bonchev–Trinajstić information content (AvgIpc) is 3.68. The van der Waals surface area contributed by atoms with Crippen molar-refractivity contribution in [2.45, 2.75) is 45.7 Å². The Bertz CT molecular complexity index is 1280. The first-order chi connectivity index (χ1) is 18.0. The number of nitrogens with zero attached hydrogens (tertiary/aromatic N) is 9. The third-order valence-electron chi connectivity index (χ3n) is 7.47. The van der Waals surface area contributed by atoms with Crippen molar-refractivity contribution in [3.8, 4) is 11.4 Å². The molecular formula is C25H34N10O2. The maximum atomic E-state index is 12.4. The molecule has 196 valence electrons. The molecule has 3 aromatic rings. The zero-order valence-electron chi connectivity index (χ0n) is 21.5. The lowest BCUT2D eigenvalue weighted by molar-refractivity contribution is -0.133. The van der Waals surface area contributed by atoms with Gasteiger partial charge < -0.3 is 25.2 Å². The molecule has 3 aliphatic rings. The van der Waals surface area contributed by atoms with E-state index < -0.39 is 0 Å². The Balaban J connectivity index is 1.46. The number of rotatable bonds is 6. The molecule has 6 rings (SSSR count). The molecule has 1 saturated carbocycles. The van der Waals surface area contributed by atoms with E-state index in [1.807, 2.05) is 11.8 Å². The lowest BCUT2D eigenvalue weighted by Crippen LogP contribution is -2.54. The second-order valence-electron chi connectivity index (χ2n) is 10.2. The zero-order chi connectivity index (χ0) is 25.5. The largest absolute Gasteiger partial charge is 0.378 e. The summed E-state index contributed by atoms with van der Waals surface area (Å²) in [7, 11) is 0. The number of imidazole rings is 1. The fraction of sp³-hybridized carbons (Fsp3) is 0.600. The quantitative estimate of drug-likeness (QED) is 0.525. The number of nitrogen functional groups attached to an aromatic ring is 1. The predicted molar refractivity (Wildman–Crippen MR) is 140 cm³/mol. The van der Waals surface area contributed by atoms with E-state index in [0.29, 0.717) is 43.5 Å². The van der Waals surface area contributed by atoms with E-state index in [2.05, 4.69) is 31.3 Å². The molecule has 2 N–H and O–H groups in total. The molecule has 5 heterocycles. The van der Waals surface area contributed by atoms with Gasteiger partial charge in [-0.25, -0.2) is 24.9 Å². The second kappa shape index (κ2) is 9.73. The topological polar surface area (TPSA) is 131 Å². The highest BCUT2D eigenvalue weighted by atomic mass is 16.5. The minimum Gasteiger partial charge on any atom is -0.378 e. The van der Waals surface area contributed by atoms with Crippen LogP contribution in [0.2, 0.25) is 0 Å². The van der Waals surface area contributed by atoms with Crippen molar-refractivity contribution in [1.29, 1.82) is 0 Å². The molecule has 2 aliphatic heterocycles. The lowest BCUT2D eigenvalue weighted by Gasteiger charge is -2.40. The summed E-state index contributed by atoms with van der Waals surface area (Å²) in [5, 5.41) is 0. The summed E-state index contributed by atoms with van der Waals surface area (Å²) < 4.78 is 7.88. The molecule has 0 spiro atoms. The molecule has 0 bridgehead atoms. The van der Waals surface area contributed by atoms with Gasteiger partial charge in [0.2, 0.25) is 17.8 Å². The highest BCUT2D eigenvalue weighted by Gasteiger charge is 2.33. The maximum Gasteiger partial charge on any atom is 0.222 e. The van der Waals surface area contributed by atoms with Crippen molar-refractivity contribution in [1.82, 2.24) is 34.4 Å². The van der Waals surface area contributed by atoms with Crippen LogP contribution in [0, 0.1) is 5.92 Å². The Hall–Kier alpha value is -3.54. The average molecular weight is 507 g/mol. The number of hydrogen-bond acceptors (Lipinski definition) is 10. The molecule has 12 nitrogen and oxygen atoms in total. The van der Waals surface area contributed by atoms with Gasteiger partial charge in [0, 0.05) is 64.1 Å². The Morgan fingerprint density at radius 2 is 1.81 bits per heavy atom. The van der Waals surface area contributed by atoms with Crippen molar-refractivity contribution in [2.24, 2.45) is 5.92 Å². The van der Waals surface area contributed by atoms with Crippen LogP contribution in [-0.4, -0.2) is 92.3 Å². The van der Waals surface area contributed by atoms with Crippen LogP contribution in [0.15, 0.2) is 12.4 Å². The van der Waals surface area contributed by atoms with E-state index in [9.17, 15) is 4.79 Å². The van der Waals surface area contributed by atoms with Gasteiger partial charge >= 0.3 is 0 Å². The van der Waals surface area contributed by atoms with Crippen molar-refractivity contribution in [2.75, 3.05) is 61.5 Å². The number of fused-ring (bicyclic) bond motifs is 1. The highest BCUT2D eigenvalue weighted by Crippen LogP contribution is 2.37. The van der Waals surface area contributed by atoms with E-state index >= 15 is 0 Å². The molecule has 0 aromatic carbocycles. The number of carbonyl (C=O) groups is 1. The first-order valence-corrected chi connectivity index (χ1v) is 13.2. The molecule has 2 saturated heterocycles. The third kappa shape index (κ3) is 4.65. The number of piperazine rings is 1. The van der Waals surface area contributed by atoms with Crippen LogP contribution in [0.25, 0.3) is 22.6 Å². The van der Waals surface area contributed by atoms with E-state index in [1.54, 1.807) is 12.4 Å². The number of carbonyl (C=O) groups excluding carboxylic acids is 1. The van der Waals surface area contributed by atoms with Gasteiger partial charge in [0.05, 0.1) is 18.8 Å². The van der Waals surface area contributed by atoms with Gasteiger partial charge in [0.1, 0.15) is 0 Å². The monoisotopic (exact) mass is 506 g/mol. The molecule has 12 heteroatoms. The summed E-state index contributed by atoms with van der Waals surface area (Å²) in [6, 6.07) is 0.114. The summed E-state index contributed by atoms with van der Waals surface area (Å²) in [5.74, 6) is 3.32. The second-order valence-corrected chi connectivity index (χ2v) is 10.2. The molecule has 3 fully saturated rings. The summed E-state index contributed by atoms with van der Waals surface area (Å²) in [5.41, 5.74) is 8.07. The van der Waals surface area contributed by atoms with Crippen LogP contribution in [-0.2, 0) is 16.1 Å². The van der Waals surface area contributed by atoms with Gasteiger partial charge in [-0.1, -0.05) is 6.92 Å². The smallest absolute Gasteiger partial charge is 0.222 e. The van der Waals surface area contributed by atoms with Crippen LogP contribution in [0.4, 0.5) is 17.7 Å². The minimum atomic E-state index is 0.114. The maximum absolute atomic E-state index is 12.4. The SMILES string of the molecule is CCC(=O)N1CCN(c2nc3c(N4CCOCC4)nc(-c4cnc(N)nc4)nc3n2CC2CC2)C[C@H]1C. The number of ether oxygens (including phenoxy) is 1. The van der Waals surface area contributed by atoms with Gasteiger partial charge in [0.25, 0.3) is 0 Å². The number of aromatic nitrogens is 6. The summed E-state index contributed by atoms with van der Waals surface area (Å²) in [6.07, 6.45) is 6.30. The van der Waals surface area contributed by atoms with Crippen LogP contribution in [0.3, 0.4) is 0 Å². The molecule has 1 aliphatic carbocycles. The number of morpholine rings is 1. The van der Waals surface area contributed by atoms with Gasteiger partial charge in [-0.05, 0) is 25.7 Å². The first kappa shape index (κ1) is 23.8. The zero-order valence-corrected chi connectivity index (χ0v) is 21.5. The van der Waals surface area contributed by atoms with Gasteiger partial charge in [-0.3, -0.25) is 9.36 Å². The third-order valence-corrected chi connectivity index (χ3v) is 7.47. The van der Waals surface area contributed by atoms with Crippen molar-refractivity contribution in [3.05, 3.63) is 12.4 Å². The van der Waals surface area contributed by atoms with Crippen LogP contribution in [0.5, 0.6) is 0 Å². The molecule has 37 heavy (non-hydrogen) atoms. The summed E-state index contributed by atoms with van der Waals surface area (Å²) in [4.78, 5) is 42.5. The Morgan fingerprint density at radius 3 is 2.49 bits per heavy atom. The Labute approximate surface area is 215 Å². The van der Waals surface area contributed by atoms with Crippen LogP contribution in [0.1, 0.15) is 33.1 Å². The van der Waals surface area contributed by atoms with Crippen LogP contribution < -0.4 is 15.5 Å². The van der Waals surface area contributed by atoms with Gasteiger partial charge in [-0.15, -0.1) is 0 Å². The Kier molecular flexibility index (Phi) is 6.27. The van der Waals surface area contributed by atoms with Crippen molar-refractivity contribution >= 4 is 34.8 Å². The number of nitrogens with two attached hydrogens (primary N) is 1. The normalized spacial score (nSPS) is 20.6. The van der Waals surface area contributed by atoms with Gasteiger partial charge in [-0.2, -0.15) is 0 Å². The van der Waals surface area contributed by atoms with E-state index in [0.717, 1.165) is 55.7 Å². The first-order valence-electron chi connectivity index (χ1n) is 13.2.